The van der Waals surface area contributed by atoms with Crippen LogP contribution in [0.2, 0.25) is 0 Å². The monoisotopic (exact) mass is 222 g/mol. The molecule has 2 N–H and O–H groups in total. The molecule has 1 fully saturated rings. The number of aromatic nitrogens is 2. The van der Waals surface area contributed by atoms with Crippen LogP contribution in [0, 0.1) is 0 Å². The smallest absolute Gasteiger partial charge is 0.144 e. The molecule has 2 heterocycles. The highest BCUT2D eigenvalue weighted by molar-refractivity contribution is 5.85. The fourth-order valence-electron chi connectivity index (χ4n) is 0.974. The first-order chi connectivity index (χ1) is 5.45. The van der Waals surface area contributed by atoms with Crippen molar-refractivity contribution in [3.63, 3.8) is 0 Å². The second-order valence-electron chi connectivity index (χ2n) is 2.59. The summed E-state index contributed by atoms with van der Waals surface area (Å²) in [6.45, 7) is 2.05. The van der Waals surface area contributed by atoms with E-state index in [1.807, 2.05) is 0 Å². The molecule has 0 saturated carbocycles. The van der Waals surface area contributed by atoms with Gasteiger partial charge in [-0.15, -0.1) is 24.8 Å². The van der Waals surface area contributed by atoms with Gasteiger partial charge in [-0.2, -0.15) is 0 Å². The van der Waals surface area contributed by atoms with E-state index < -0.39 is 0 Å². The van der Waals surface area contributed by atoms with Gasteiger partial charge in [-0.05, 0) is 0 Å². The summed E-state index contributed by atoms with van der Waals surface area (Å²) >= 11 is 0. The summed E-state index contributed by atoms with van der Waals surface area (Å²) in [5, 5.41) is 6.41. The van der Waals surface area contributed by atoms with Crippen LogP contribution in [0.4, 0.5) is 5.82 Å². The topological polar surface area (TPSA) is 49.8 Å². The molecule has 1 aromatic heterocycles. The van der Waals surface area contributed by atoms with E-state index in [-0.39, 0.29) is 24.8 Å². The molecule has 1 aliphatic rings. The van der Waals surface area contributed by atoms with E-state index in [2.05, 4.69) is 20.6 Å². The molecule has 4 nitrogen and oxygen atoms in total. The van der Waals surface area contributed by atoms with Gasteiger partial charge >= 0.3 is 0 Å². The van der Waals surface area contributed by atoms with Crippen molar-refractivity contribution in [1.29, 1.82) is 0 Å². The molecular formula is C7H12Cl2N4. The second-order valence-corrected chi connectivity index (χ2v) is 2.59. The quantitative estimate of drug-likeness (QED) is 0.775. The molecule has 1 aromatic rings. The molecule has 74 valence electrons. The lowest BCUT2D eigenvalue weighted by Gasteiger charge is -2.28. The van der Waals surface area contributed by atoms with Gasteiger partial charge in [-0.25, -0.2) is 4.98 Å². The molecule has 0 atom stereocenters. The average molecular weight is 223 g/mol. The van der Waals surface area contributed by atoms with Crippen LogP contribution < -0.4 is 10.6 Å². The first-order valence-electron chi connectivity index (χ1n) is 3.68. The van der Waals surface area contributed by atoms with Crippen molar-refractivity contribution in [2.24, 2.45) is 0 Å². The SMILES string of the molecule is Cl.Cl.c1cnc(NC2CNC2)cn1. The molecule has 0 bridgehead atoms. The van der Waals surface area contributed by atoms with E-state index in [9.17, 15) is 0 Å². The third kappa shape index (κ3) is 3.34. The van der Waals surface area contributed by atoms with Crippen LogP contribution in [-0.4, -0.2) is 29.1 Å². The van der Waals surface area contributed by atoms with Gasteiger partial charge in [0.05, 0.1) is 12.2 Å². The highest BCUT2D eigenvalue weighted by atomic mass is 35.5. The molecule has 0 amide bonds. The van der Waals surface area contributed by atoms with Crippen LogP contribution in [0.25, 0.3) is 0 Å². The van der Waals surface area contributed by atoms with Crippen molar-refractivity contribution in [3.8, 4) is 0 Å². The Morgan fingerprint density at radius 1 is 1.31 bits per heavy atom. The number of hydrogen-bond acceptors (Lipinski definition) is 4. The number of hydrogen-bond donors (Lipinski definition) is 2. The third-order valence-electron chi connectivity index (χ3n) is 1.70. The Hall–Kier alpha value is -0.580. The summed E-state index contributed by atoms with van der Waals surface area (Å²) in [6.07, 6.45) is 5.09. The molecule has 1 aliphatic heterocycles. The Labute approximate surface area is 89.4 Å². The molecule has 0 aliphatic carbocycles. The predicted octanol–water partition coefficient (Wildman–Crippen LogP) is 0.704. The molecule has 2 rings (SSSR count). The second kappa shape index (κ2) is 5.96. The Kier molecular flexibility index (Phi) is 5.70. The molecule has 0 spiro atoms. The fourth-order valence-corrected chi connectivity index (χ4v) is 0.974. The first kappa shape index (κ1) is 12.4. The Bertz CT molecular complexity index is 227. The van der Waals surface area contributed by atoms with Gasteiger partial charge < -0.3 is 10.6 Å². The molecule has 6 heteroatoms. The maximum absolute atomic E-state index is 4.10. The van der Waals surface area contributed by atoms with Crippen LogP contribution in [0.1, 0.15) is 0 Å². The van der Waals surface area contributed by atoms with Crippen molar-refractivity contribution in [1.82, 2.24) is 15.3 Å². The molecule has 0 aromatic carbocycles. The minimum absolute atomic E-state index is 0. The normalized spacial score (nSPS) is 14.8. The van der Waals surface area contributed by atoms with E-state index in [1.54, 1.807) is 18.6 Å². The van der Waals surface area contributed by atoms with Gasteiger partial charge in [0, 0.05) is 25.5 Å². The molecule has 0 unspecified atom stereocenters. The number of nitrogens with one attached hydrogen (secondary N) is 2. The largest absolute Gasteiger partial charge is 0.363 e. The zero-order chi connectivity index (χ0) is 7.52. The van der Waals surface area contributed by atoms with Gasteiger partial charge in [0.25, 0.3) is 0 Å². The number of rotatable bonds is 2. The predicted molar refractivity (Wildman–Crippen MR) is 56.8 cm³/mol. The van der Waals surface area contributed by atoms with Crippen LogP contribution in [0.3, 0.4) is 0 Å². The van der Waals surface area contributed by atoms with Crippen molar-refractivity contribution in [3.05, 3.63) is 18.6 Å². The Balaban J connectivity index is 0.000000720. The van der Waals surface area contributed by atoms with Crippen molar-refractivity contribution < 1.29 is 0 Å². The van der Waals surface area contributed by atoms with E-state index in [1.165, 1.54) is 0 Å². The maximum atomic E-state index is 4.10. The summed E-state index contributed by atoms with van der Waals surface area (Å²) in [7, 11) is 0. The van der Waals surface area contributed by atoms with E-state index >= 15 is 0 Å². The lowest BCUT2D eigenvalue weighted by atomic mass is 10.2. The molecular weight excluding hydrogens is 211 g/mol. The standard InChI is InChI=1S/C7H10N4.2ClH/c1-2-10-7(5-8-1)11-6-3-9-4-6;;/h1-2,5-6,9H,3-4H2,(H,10,11);2*1H. The van der Waals surface area contributed by atoms with Crippen LogP contribution in [-0.2, 0) is 0 Å². The zero-order valence-corrected chi connectivity index (χ0v) is 8.57. The maximum Gasteiger partial charge on any atom is 0.144 e. The number of anilines is 1. The lowest BCUT2D eigenvalue weighted by molar-refractivity contribution is 0.471. The average Bonchev–Trinajstić information content (AvgIpc) is 1.99. The van der Waals surface area contributed by atoms with E-state index in [0.29, 0.717) is 6.04 Å². The summed E-state index contributed by atoms with van der Waals surface area (Å²) in [5.41, 5.74) is 0. The summed E-state index contributed by atoms with van der Waals surface area (Å²) in [6, 6.07) is 0.534. The molecule has 13 heavy (non-hydrogen) atoms. The summed E-state index contributed by atoms with van der Waals surface area (Å²) in [4.78, 5) is 8.05. The van der Waals surface area contributed by atoms with Crippen molar-refractivity contribution in [2.75, 3.05) is 18.4 Å². The van der Waals surface area contributed by atoms with Crippen LogP contribution >= 0.6 is 24.8 Å². The van der Waals surface area contributed by atoms with Crippen LogP contribution in [0.15, 0.2) is 18.6 Å². The third-order valence-corrected chi connectivity index (χ3v) is 1.70. The van der Waals surface area contributed by atoms with Crippen molar-refractivity contribution >= 4 is 30.6 Å². The minimum Gasteiger partial charge on any atom is -0.363 e. The Morgan fingerprint density at radius 2 is 2.08 bits per heavy atom. The zero-order valence-electron chi connectivity index (χ0n) is 6.93. The first-order valence-corrected chi connectivity index (χ1v) is 3.68. The summed E-state index contributed by atoms with van der Waals surface area (Å²) < 4.78 is 0. The van der Waals surface area contributed by atoms with Gasteiger partial charge in [0.2, 0.25) is 0 Å². The summed E-state index contributed by atoms with van der Waals surface area (Å²) in [5.74, 6) is 0.860. The fraction of sp³-hybridized carbons (Fsp3) is 0.429. The number of nitrogens with zero attached hydrogens (tertiary/aromatic N) is 2. The van der Waals surface area contributed by atoms with Gasteiger partial charge in [-0.3, -0.25) is 4.98 Å². The van der Waals surface area contributed by atoms with E-state index in [0.717, 1.165) is 18.9 Å². The highest BCUT2D eigenvalue weighted by Gasteiger charge is 2.15. The van der Waals surface area contributed by atoms with Gasteiger partial charge in [0.1, 0.15) is 5.82 Å². The van der Waals surface area contributed by atoms with Crippen molar-refractivity contribution in [2.45, 2.75) is 6.04 Å². The van der Waals surface area contributed by atoms with Gasteiger partial charge in [0.15, 0.2) is 0 Å². The highest BCUT2D eigenvalue weighted by Crippen LogP contribution is 2.02. The molecule has 1 saturated heterocycles. The minimum atomic E-state index is 0. The number of halogens is 2. The molecule has 0 radical (unpaired) electrons. The van der Waals surface area contributed by atoms with Crippen LogP contribution in [0.5, 0.6) is 0 Å². The van der Waals surface area contributed by atoms with Gasteiger partial charge in [-0.1, -0.05) is 0 Å². The Morgan fingerprint density at radius 3 is 2.54 bits per heavy atom. The lowest BCUT2D eigenvalue weighted by Crippen LogP contribution is -2.51. The van der Waals surface area contributed by atoms with E-state index in [4.69, 9.17) is 0 Å².